The Balaban J connectivity index is 2.23. The predicted octanol–water partition coefficient (Wildman–Crippen LogP) is 3.22. The van der Waals surface area contributed by atoms with Crippen LogP contribution in [0.15, 0.2) is 72.1 Å². The number of nitrogens with zero attached hydrogens (tertiary/aromatic N) is 2. The molecule has 1 aliphatic carbocycles. The molecule has 1 atom stereocenters. The molecule has 3 rings (SSSR count). The maximum Gasteiger partial charge on any atom is 0.169 e. The first kappa shape index (κ1) is 16.0. The van der Waals surface area contributed by atoms with E-state index < -0.39 is 6.10 Å². The monoisotopic (exact) mass is 318 g/mol. The SMILES string of the molecule is C=CCN1C=C2CC(=O)C(OC)C=C2C(c2ccccc2)=C1C#N. The molecule has 4 nitrogen and oxygen atoms in total. The van der Waals surface area contributed by atoms with E-state index in [1.165, 1.54) is 7.11 Å². The Hall–Kier alpha value is -2.90. The Morgan fingerprint density at radius 1 is 1.42 bits per heavy atom. The smallest absolute Gasteiger partial charge is 0.169 e. The van der Waals surface area contributed by atoms with Crippen LogP contribution in [-0.2, 0) is 9.53 Å². The molecule has 0 fully saturated rings. The molecular formula is C20H18N2O2. The Morgan fingerprint density at radius 3 is 2.79 bits per heavy atom. The third-order valence-corrected chi connectivity index (χ3v) is 4.20. The van der Waals surface area contributed by atoms with Gasteiger partial charge in [0.15, 0.2) is 5.78 Å². The molecule has 1 aliphatic heterocycles. The van der Waals surface area contributed by atoms with E-state index >= 15 is 0 Å². The van der Waals surface area contributed by atoms with Crippen molar-refractivity contribution in [3.63, 3.8) is 0 Å². The van der Waals surface area contributed by atoms with Gasteiger partial charge >= 0.3 is 0 Å². The molecule has 0 saturated carbocycles. The second-order valence-electron chi connectivity index (χ2n) is 5.68. The van der Waals surface area contributed by atoms with Crippen LogP contribution in [0.4, 0.5) is 0 Å². The standard InChI is InChI=1S/C20H18N2O2/c1-3-9-22-13-15-10-18(23)19(24-2)11-16(15)20(17(22)12-21)14-7-5-4-6-8-14/h3-8,11,13,19H,1,9-10H2,2H3. The summed E-state index contributed by atoms with van der Waals surface area (Å²) in [6.45, 7) is 4.27. The zero-order valence-electron chi connectivity index (χ0n) is 13.5. The van der Waals surface area contributed by atoms with Crippen LogP contribution in [0.3, 0.4) is 0 Å². The molecule has 0 spiro atoms. The summed E-state index contributed by atoms with van der Waals surface area (Å²) in [5.74, 6) is 0.0267. The van der Waals surface area contributed by atoms with Crippen LogP contribution in [0.5, 0.6) is 0 Å². The first-order valence-electron chi connectivity index (χ1n) is 7.75. The molecule has 0 radical (unpaired) electrons. The van der Waals surface area contributed by atoms with Gasteiger partial charge in [-0.3, -0.25) is 4.79 Å². The first-order chi connectivity index (χ1) is 11.7. The highest BCUT2D eigenvalue weighted by molar-refractivity contribution is 5.98. The topological polar surface area (TPSA) is 53.3 Å². The minimum atomic E-state index is -0.568. The summed E-state index contributed by atoms with van der Waals surface area (Å²) >= 11 is 0. The lowest BCUT2D eigenvalue weighted by Crippen LogP contribution is -2.30. The van der Waals surface area contributed by atoms with Gasteiger partial charge in [-0.1, -0.05) is 36.4 Å². The Labute approximate surface area is 141 Å². The van der Waals surface area contributed by atoms with Crippen LogP contribution in [0.2, 0.25) is 0 Å². The first-order valence-corrected chi connectivity index (χ1v) is 7.75. The van der Waals surface area contributed by atoms with Gasteiger partial charge in [-0.2, -0.15) is 5.26 Å². The number of hydrogen-bond donors (Lipinski definition) is 0. The minimum Gasteiger partial charge on any atom is -0.370 e. The highest BCUT2D eigenvalue weighted by Gasteiger charge is 2.32. The predicted molar refractivity (Wildman–Crippen MR) is 92.5 cm³/mol. The second kappa shape index (κ2) is 6.69. The van der Waals surface area contributed by atoms with Gasteiger partial charge in [-0.05, 0) is 22.8 Å². The van der Waals surface area contributed by atoms with E-state index in [4.69, 9.17) is 4.74 Å². The fourth-order valence-corrected chi connectivity index (χ4v) is 3.12. The number of nitriles is 1. The molecule has 0 aromatic heterocycles. The summed E-state index contributed by atoms with van der Waals surface area (Å²) in [4.78, 5) is 14.1. The fraction of sp³-hybridized carbons (Fsp3) is 0.200. The summed E-state index contributed by atoms with van der Waals surface area (Å²) in [6.07, 6.45) is 5.17. The number of rotatable bonds is 4. The Morgan fingerprint density at radius 2 is 2.17 bits per heavy atom. The molecular weight excluding hydrogens is 300 g/mol. The van der Waals surface area contributed by atoms with Crippen molar-refractivity contribution >= 4 is 11.4 Å². The quantitative estimate of drug-likeness (QED) is 0.800. The third kappa shape index (κ3) is 2.70. The van der Waals surface area contributed by atoms with Gasteiger partial charge < -0.3 is 9.64 Å². The van der Waals surface area contributed by atoms with E-state index in [-0.39, 0.29) is 5.78 Å². The van der Waals surface area contributed by atoms with Crippen molar-refractivity contribution in [3.05, 3.63) is 77.7 Å². The summed E-state index contributed by atoms with van der Waals surface area (Å²) in [5.41, 5.74) is 4.16. The van der Waals surface area contributed by atoms with E-state index in [0.717, 1.165) is 22.3 Å². The zero-order chi connectivity index (χ0) is 17.1. The van der Waals surface area contributed by atoms with E-state index in [1.54, 1.807) is 6.08 Å². The maximum absolute atomic E-state index is 12.2. The Bertz CT molecular complexity index is 810. The van der Waals surface area contributed by atoms with Gasteiger partial charge in [0.05, 0.1) is 0 Å². The van der Waals surface area contributed by atoms with E-state index in [1.807, 2.05) is 47.5 Å². The molecule has 1 aromatic carbocycles. The Kier molecular flexibility index (Phi) is 4.45. The second-order valence-corrected chi connectivity index (χ2v) is 5.68. The number of Topliss-reactive ketones (excluding diaryl/α,β-unsaturated/α-hetero) is 1. The summed E-state index contributed by atoms with van der Waals surface area (Å²) in [7, 11) is 1.53. The number of methoxy groups -OCH3 is 1. The van der Waals surface area contributed by atoms with Gasteiger partial charge in [0.2, 0.25) is 0 Å². The number of benzene rings is 1. The van der Waals surface area contributed by atoms with Gasteiger partial charge in [-0.25, -0.2) is 0 Å². The molecule has 0 amide bonds. The van der Waals surface area contributed by atoms with Crippen molar-refractivity contribution in [1.29, 1.82) is 5.26 Å². The number of fused-ring (bicyclic) bond motifs is 1. The van der Waals surface area contributed by atoms with Crippen molar-refractivity contribution in [1.82, 2.24) is 4.90 Å². The lowest BCUT2D eigenvalue weighted by molar-refractivity contribution is -0.125. The molecule has 1 heterocycles. The van der Waals surface area contributed by atoms with Crippen LogP contribution in [-0.4, -0.2) is 30.4 Å². The van der Waals surface area contributed by atoms with E-state index in [2.05, 4.69) is 12.6 Å². The number of carbonyl (C=O) groups is 1. The molecule has 24 heavy (non-hydrogen) atoms. The molecule has 1 aromatic rings. The van der Waals surface area contributed by atoms with Crippen LogP contribution in [0.25, 0.3) is 5.57 Å². The van der Waals surface area contributed by atoms with Crippen molar-refractivity contribution in [2.75, 3.05) is 13.7 Å². The van der Waals surface area contributed by atoms with Crippen molar-refractivity contribution in [3.8, 4) is 6.07 Å². The van der Waals surface area contributed by atoms with Crippen molar-refractivity contribution in [2.45, 2.75) is 12.5 Å². The van der Waals surface area contributed by atoms with Crippen LogP contribution in [0, 0.1) is 11.3 Å². The number of carbonyl (C=O) groups excluding carboxylic acids is 1. The number of allylic oxidation sites excluding steroid dienone is 4. The number of ether oxygens (including phenoxy) is 1. The number of hydrogen-bond acceptors (Lipinski definition) is 4. The lowest BCUT2D eigenvalue weighted by atomic mass is 9.81. The third-order valence-electron chi connectivity index (χ3n) is 4.20. The van der Waals surface area contributed by atoms with Gasteiger partial charge in [0.25, 0.3) is 0 Å². The molecule has 0 bridgehead atoms. The van der Waals surface area contributed by atoms with Crippen molar-refractivity contribution in [2.24, 2.45) is 0 Å². The average Bonchev–Trinajstić information content (AvgIpc) is 2.61. The molecule has 1 unspecified atom stereocenters. The molecule has 2 aliphatic rings. The lowest BCUT2D eigenvalue weighted by Gasteiger charge is -2.33. The fourth-order valence-electron chi connectivity index (χ4n) is 3.12. The molecule has 0 saturated heterocycles. The van der Waals surface area contributed by atoms with E-state index in [0.29, 0.717) is 18.7 Å². The summed E-state index contributed by atoms with van der Waals surface area (Å²) in [6, 6.07) is 12.1. The zero-order valence-corrected chi connectivity index (χ0v) is 13.5. The van der Waals surface area contributed by atoms with Gasteiger partial charge in [0.1, 0.15) is 17.9 Å². The average molecular weight is 318 g/mol. The molecule has 4 heteroatoms. The van der Waals surface area contributed by atoms with Gasteiger partial charge in [0, 0.05) is 31.8 Å². The normalized spacial score (nSPS) is 20.1. The highest BCUT2D eigenvalue weighted by atomic mass is 16.5. The van der Waals surface area contributed by atoms with Gasteiger partial charge in [-0.15, -0.1) is 6.58 Å². The highest BCUT2D eigenvalue weighted by Crippen LogP contribution is 2.40. The van der Waals surface area contributed by atoms with Crippen LogP contribution >= 0.6 is 0 Å². The summed E-state index contributed by atoms with van der Waals surface area (Å²) in [5, 5.41) is 9.75. The van der Waals surface area contributed by atoms with Crippen molar-refractivity contribution < 1.29 is 9.53 Å². The maximum atomic E-state index is 12.2. The van der Waals surface area contributed by atoms with Crippen LogP contribution in [0.1, 0.15) is 12.0 Å². The summed E-state index contributed by atoms with van der Waals surface area (Å²) < 4.78 is 5.29. The number of ketones is 1. The van der Waals surface area contributed by atoms with E-state index in [9.17, 15) is 10.1 Å². The minimum absolute atomic E-state index is 0.0267. The molecule has 120 valence electrons. The molecule has 0 N–H and O–H groups in total. The van der Waals surface area contributed by atoms with Crippen LogP contribution < -0.4 is 0 Å². The largest absolute Gasteiger partial charge is 0.370 e.